The maximum atomic E-state index is 11.3. The standard InChI is InChI=1S/C17H23NO2.C15H21NO.Na.H2O/c1-11(19)20-15-12(10-18)8-13(16(2,3)4)9-14(15)17(5,6)7;1-14(2,3)11-7-10(9-16)13(17)12(8-11)15(4,5)6;;/h8-9H,1-7H3;7-8,17H,1-6H3;;1H2/q;;+1;/p-1. The first-order valence-electron chi connectivity index (χ1n) is 12.6. The third kappa shape index (κ3) is 10.6. The van der Waals surface area contributed by atoms with Crippen molar-refractivity contribution in [2.24, 2.45) is 0 Å². The molecule has 2 aromatic carbocycles. The first-order valence-corrected chi connectivity index (χ1v) is 12.6. The number of phenols is 1. The third-order valence-electron chi connectivity index (χ3n) is 6.03. The number of rotatable bonds is 1. The molecule has 0 saturated carbocycles. The van der Waals surface area contributed by atoms with Crippen LogP contribution in [0.2, 0.25) is 0 Å². The maximum Gasteiger partial charge on any atom is 1.00 e. The van der Waals surface area contributed by atoms with E-state index in [1.165, 1.54) is 6.92 Å². The van der Waals surface area contributed by atoms with E-state index in [4.69, 9.17) is 10.00 Å². The molecule has 0 fully saturated rings. The summed E-state index contributed by atoms with van der Waals surface area (Å²) in [6, 6.07) is 11.9. The van der Waals surface area contributed by atoms with Crippen LogP contribution in [0.1, 0.15) is 123 Å². The Kier molecular flexibility index (Phi) is 13.7. The Morgan fingerprint density at radius 1 is 0.692 bits per heavy atom. The van der Waals surface area contributed by atoms with Crippen molar-refractivity contribution in [2.45, 2.75) is 112 Å². The van der Waals surface area contributed by atoms with Gasteiger partial charge < -0.3 is 15.3 Å². The maximum absolute atomic E-state index is 11.3. The molecule has 0 unspecified atom stereocenters. The number of hydrogen-bond acceptors (Lipinski definition) is 6. The van der Waals surface area contributed by atoms with Gasteiger partial charge >= 0.3 is 35.5 Å². The van der Waals surface area contributed by atoms with E-state index < -0.39 is 5.97 Å². The van der Waals surface area contributed by atoms with Crippen molar-refractivity contribution in [3.63, 3.8) is 0 Å². The number of nitriles is 2. The van der Waals surface area contributed by atoms with Crippen molar-refractivity contribution in [3.8, 4) is 23.6 Å². The average Bonchev–Trinajstić information content (AvgIpc) is 2.70. The Morgan fingerprint density at radius 3 is 1.36 bits per heavy atom. The van der Waals surface area contributed by atoms with E-state index in [0.29, 0.717) is 16.9 Å². The molecule has 39 heavy (non-hydrogen) atoms. The quantitative estimate of drug-likeness (QED) is 0.313. The summed E-state index contributed by atoms with van der Waals surface area (Å²) in [5, 5.41) is 28.6. The number of benzene rings is 2. The molecule has 7 heteroatoms. The van der Waals surface area contributed by atoms with E-state index >= 15 is 0 Å². The normalized spacial score (nSPS) is 11.5. The van der Waals surface area contributed by atoms with Gasteiger partial charge in [-0.25, -0.2) is 0 Å². The molecule has 0 aliphatic carbocycles. The number of nitrogens with zero attached hydrogens (tertiary/aromatic N) is 2. The van der Waals surface area contributed by atoms with Crippen molar-refractivity contribution >= 4 is 5.97 Å². The molecule has 0 aromatic heterocycles. The Morgan fingerprint density at radius 2 is 1.05 bits per heavy atom. The molecule has 0 heterocycles. The molecule has 2 aromatic rings. The molecule has 0 saturated heterocycles. The first-order chi connectivity index (χ1) is 16.5. The zero-order valence-corrected chi connectivity index (χ0v) is 28.4. The number of phenolic OH excluding ortho intramolecular Hbond substituents is 1. The van der Waals surface area contributed by atoms with Crippen molar-refractivity contribution in [2.75, 3.05) is 0 Å². The molecule has 6 nitrogen and oxygen atoms in total. The Labute approximate surface area is 258 Å². The summed E-state index contributed by atoms with van der Waals surface area (Å²) in [5.74, 6) is 0.101. The second kappa shape index (κ2) is 13.8. The number of esters is 1. The second-order valence-corrected chi connectivity index (χ2v) is 13.6. The minimum absolute atomic E-state index is 0. The molecule has 0 radical (unpaired) electrons. The van der Waals surface area contributed by atoms with Crippen molar-refractivity contribution < 1.29 is 49.7 Å². The summed E-state index contributed by atoms with van der Waals surface area (Å²) in [7, 11) is 0. The van der Waals surface area contributed by atoms with Gasteiger partial charge in [-0.1, -0.05) is 95.2 Å². The van der Waals surface area contributed by atoms with Crippen LogP contribution < -0.4 is 34.3 Å². The van der Waals surface area contributed by atoms with Crippen LogP contribution in [-0.4, -0.2) is 16.6 Å². The second-order valence-electron chi connectivity index (χ2n) is 13.6. The van der Waals surface area contributed by atoms with Crippen molar-refractivity contribution in [3.05, 3.63) is 57.6 Å². The molecule has 0 bridgehead atoms. The molecule has 0 atom stereocenters. The van der Waals surface area contributed by atoms with Gasteiger partial charge in [0, 0.05) is 18.1 Å². The van der Waals surface area contributed by atoms with Crippen LogP contribution in [0.25, 0.3) is 0 Å². The van der Waals surface area contributed by atoms with Gasteiger partial charge in [0.2, 0.25) is 0 Å². The molecular weight excluding hydrogens is 499 g/mol. The fraction of sp³-hybridized carbons (Fsp3) is 0.531. The molecule has 2 rings (SSSR count). The molecule has 0 aliphatic rings. The van der Waals surface area contributed by atoms with Crippen LogP contribution in [0, 0.1) is 22.7 Å². The predicted molar refractivity (Wildman–Crippen MR) is 152 cm³/mol. The number of aromatic hydroxyl groups is 1. The molecule has 0 aliphatic heterocycles. The monoisotopic (exact) mass is 544 g/mol. The smallest absolute Gasteiger partial charge is 0.870 e. The zero-order valence-electron chi connectivity index (χ0n) is 26.4. The predicted octanol–water partition coefficient (Wildman–Crippen LogP) is 4.76. The summed E-state index contributed by atoms with van der Waals surface area (Å²) < 4.78 is 5.30. The zero-order chi connectivity index (χ0) is 29.1. The van der Waals surface area contributed by atoms with E-state index in [2.05, 4.69) is 53.7 Å². The van der Waals surface area contributed by atoms with Gasteiger partial charge in [0.15, 0.2) is 5.75 Å². The van der Waals surface area contributed by atoms with Crippen molar-refractivity contribution in [1.29, 1.82) is 10.5 Å². The number of carbonyl (C=O) groups is 1. The van der Waals surface area contributed by atoms with Crippen molar-refractivity contribution in [1.82, 2.24) is 0 Å². The molecule has 2 N–H and O–H groups in total. The largest absolute Gasteiger partial charge is 1.00 e. The minimum Gasteiger partial charge on any atom is -0.870 e. The summed E-state index contributed by atoms with van der Waals surface area (Å²) in [4.78, 5) is 11.3. The average molecular weight is 545 g/mol. The Hall–Kier alpha value is -2.35. The van der Waals surface area contributed by atoms with Gasteiger partial charge in [0.05, 0.1) is 11.1 Å². The summed E-state index contributed by atoms with van der Waals surface area (Å²) in [6.07, 6.45) is 0. The fourth-order valence-corrected chi connectivity index (χ4v) is 3.68. The molecule has 208 valence electrons. The van der Waals surface area contributed by atoms with Crippen LogP contribution in [0.3, 0.4) is 0 Å². The number of hydrogen-bond donors (Lipinski definition) is 1. The van der Waals surface area contributed by atoms with Crippen LogP contribution in [0.15, 0.2) is 24.3 Å². The van der Waals surface area contributed by atoms with E-state index in [-0.39, 0.29) is 62.4 Å². The van der Waals surface area contributed by atoms with Gasteiger partial charge in [0.1, 0.15) is 17.9 Å². The Balaban J connectivity index is 0. The first kappa shape index (κ1) is 38.8. The SMILES string of the molecule is CC(=O)Oc1c(C#N)cc(C(C)(C)C)cc1C(C)(C)C.CC(C)(C)c1cc(C#N)c(O)c(C(C)(C)C)c1.[Na+].[OH-]. The third-order valence-corrected chi connectivity index (χ3v) is 6.03. The van der Waals surface area contributed by atoms with E-state index in [1.807, 2.05) is 59.7 Å². The summed E-state index contributed by atoms with van der Waals surface area (Å²) in [5.41, 5.74) is 4.17. The Bertz CT molecular complexity index is 1240. The molecule has 0 spiro atoms. The topological polar surface area (TPSA) is 124 Å². The number of ether oxygens (including phenoxy) is 1. The summed E-state index contributed by atoms with van der Waals surface area (Å²) in [6.45, 7) is 26.2. The molecule has 0 amide bonds. The van der Waals surface area contributed by atoms with E-state index in [1.54, 1.807) is 6.07 Å². The van der Waals surface area contributed by atoms with Gasteiger partial charge in [-0.2, -0.15) is 10.5 Å². The van der Waals surface area contributed by atoms with E-state index in [9.17, 15) is 15.2 Å². The van der Waals surface area contributed by atoms with Gasteiger partial charge in [0.25, 0.3) is 0 Å². The van der Waals surface area contributed by atoms with Gasteiger partial charge in [-0.3, -0.25) is 4.79 Å². The molecular formula is C32H45N2NaO4. The summed E-state index contributed by atoms with van der Waals surface area (Å²) >= 11 is 0. The van der Waals surface area contributed by atoms with Crippen LogP contribution in [0.4, 0.5) is 0 Å². The van der Waals surface area contributed by atoms with Gasteiger partial charge in [-0.05, 0) is 44.9 Å². The van der Waals surface area contributed by atoms with Crippen LogP contribution in [-0.2, 0) is 26.5 Å². The van der Waals surface area contributed by atoms with Crippen LogP contribution in [0.5, 0.6) is 11.5 Å². The minimum atomic E-state index is -0.407. The fourth-order valence-electron chi connectivity index (χ4n) is 3.68. The van der Waals surface area contributed by atoms with Gasteiger partial charge in [-0.15, -0.1) is 0 Å². The van der Waals surface area contributed by atoms with Crippen LogP contribution >= 0.6 is 0 Å². The van der Waals surface area contributed by atoms with E-state index in [0.717, 1.165) is 22.3 Å². The number of carbonyl (C=O) groups excluding carboxylic acids is 1.